The van der Waals surface area contributed by atoms with Crippen LogP contribution in [-0.4, -0.2) is 30.9 Å². The summed E-state index contributed by atoms with van der Waals surface area (Å²) in [7, 11) is 2.20. The van der Waals surface area contributed by atoms with Gasteiger partial charge in [-0.2, -0.15) is 0 Å². The third-order valence-corrected chi connectivity index (χ3v) is 4.08. The standard InChI is InChI=1S/C14H19BNO/c1-15-16-10-4-8-14(11-16)9-7-12-5-2-3-6-13(12)17-14/h2-3,5-6H,4,7-11H2,1H3. The molecule has 1 spiro atoms. The summed E-state index contributed by atoms with van der Waals surface area (Å²) < 4.78 is 6.33. The molecule has 2 heterocycles. The summed E-state index contributed by atoms with van der Waals surface area (Å²) in [4.78, 5) is 2.40. The summed E-state index contributed by atoms with van der Waals surface area (Å²) in [5, 5.41) is 0. The maximum Gasteiger partial charge on any atom is 0.205 e. The van der Waals surface area contributed by atoms with Gasteiger partial charge in [0.1, 0.15) is 11.4 Å². The zero-order valence-corrected chi connectivity index (χ0v) is 10.5. The van der Waals surface area contributed by atoms with E-state index in [1.807, 2.05) is 0 Å². The molecule has 2 nitrogen and oxygen atoms in total. The van der Waals surface area contributed by atoms with E-state index in [9.17, 15) is 0 Å². The molecule has 1 fully saturated rings. The van der Waals surface area contributed by atoms with Gasteiger partial charge in [-0.05, 0) is 43.9 Å². The second kappa shape index (κ2) is 4.38. The third-order valence-electron chi connectivity index (χ3n) is 4.08. The van der Waals surface area contributed by atoms with E-state index < -0.39 is 0 Å². The van der Waals surface area contributed by atoms with E-state index in [2.05, 4.69) is 43.3 Å². The molecule has 1 aromatic carbocycles. The fourth-order valence-electron chi connectivity index (χ4n) is 3.10. The highest BCUT2D eigenvalue weighted by atomic mass is 16.5. The van der Waals surface area contributed by atoms with Gasteiger partial charge in [0.2, 0.25) is 7.41 Å². The van der Waals surface area contributed by atoms with Crippen LogP contribution in [0.4, 0.5) is 0 Å². The lowest BCUT2D eigenvalue weighted by molar-refractivity contribution is -0.00147. The molecule has 0 amide bonds. The fraction of sp³-hybridized carbons (Fsp3) is 0.571. The number of hydrogen-bond acceptors (Lipinski definition) is 2. The first-order valence-corrected chi connectivity index (χ1v) is 6.62. The predicted molar refractivity (Wildman–Crippen MR) is 70.5 cm³/mol. The zero-order valence-electron chi connectivity index (χ0n) is 10.5. The third kappa shape index (κ3) is 2.08. The summed E-state index contributed by atoms with van der Waals surface area (Å²) >= 11 is 0. The van der Waals surface area contributed by atoms with Gasteiger partial charge < -0.3 is 9.55 Å². The van der Waals surface area contributed by atoms with Crippen LogP contribution in [0.15, 0.2) is 24.3 Å². The molecule has 0 aliphatic carbocycles. The maximum absolute atomic E-state index is 6.33. The van der Waals surface area contributed by atoms with E-state index in [0.717, 1.165) is 25.1 Å². The van der Waals surface area contributed by atoms with E-state index in [1.165, 1.54) is 24.9 Å². The molecule has 2 aliphatic heterocycles. The summed E-state index contributed by atoms with van der Waals surface area (Å²) in [6, 6.07) is 8.48. The number of benzene rings is 1. The molecule has 17 heavy (non-hydrogen) atoms. The summed E-state index contributed by atoms with van der Waals surface area (Å²) in [5.41, 5.74) is 1.44. The van der Waals surface area contributed by atoms with Crippen molar-refractivity contribution in [2.75, 3.05) is 13.1 Å². The Balaban J connectivity index is 1.82. The van der Waals surface area contributed by atoms with Crippen molar-refractivity contribution in [3.8, 4) is 5.75 Å². The van der Waals surface area contributed by atoms with Crippen molar-refractivity contribution < 1.29 is 4.74 Å². The van der Waals surface area contributed by atoms with Gasteiger partial charge in [0, 0.05) is 6.54 Å². The minimum atomic E-state index is 0.0686. The maximum atomic E-state index is 6.33. The molecule has 2 aliphatic rings. The number of aryl methyl sites for hydroxylation is 1. The zero-order chi connectivity index (χ0) is 11.7. The molecule has 0 saturated carbocycles. The molecule has 3 heteroatoms. The molecule has 3 rings (SSSR count). The topological polar surface area (TPSA) is 12.5 Å². The molecule has 1 aromatic rings. The Kier molecular flexibility index (Phi) is 2.87. The van der Waals surface area contributed by atoms with Crippen molar-refractivity contribution in [2.24, 2.45) is 0 Å². The van der Waals surface area contributed by atoms with Gasteiger partial charge in [0.25, 0.3) is 0 Å². The van der Waals surface area contributed by atoms with E-state index in [0.29, 0.717) is 0 Å². The second-order valence-electron chi connectivity index (χ2n) is 5.23. The van der Waals surface area contributed by atoms with E-state index in [4.69, 9.17) is 4.74 Å². The Hall–Kier alpha value is -0.955. The molecule has 1 saturated heterocycles. The molecular formula is C14H19BNO. The van der Waals surface area contributed by atoms with Gasteiger partial charge in [-0.25, -0.2) is 0 Å². The van der Waals surface area contributed by atoms with E-state index >= 15 is 0 Å². The summed E-state index contributed by atoms with van der Waals surface area (Å²) in [5.74, 6) is 1.11. The van der Waals surface area contributed by atoms with Gasteiger partial charge >= 0.3 is 0 Å². The Labute approximate surface area is 104 Å². The van der Waals surface area contributed by atoms with Gasteiger partial charge in [0.15, 0.2) is 0 Å². The highest BCUT2D eigenvalue weighted by Gasteiger charge is 2.39. The molecule has 0 N–H and O–H groups in total. The minimum absolute atomic E-state index is 0.0686. The smallest absolute Gasteiger partial charge is 0.205 e. The van der Waals surface area contributed by atoms with Crippen LogP contribution in [0.2, 0.25) is 6.82 Å². The molecule has 1 atom stereocenters. The average Bonchev–Trinajstić information content (AvgIpc) is 2.38. The first-order chi connectivity index (χ1) is 8.31. The molecular weight excluding hydrogens is 209 g/mol. The van der Waals surface area contributed by atoms with Crippen molar-refractivity contribution in [1.29, 1.82) is 0 Å². The number of para-hydroxylation sites is 1. The van der Waals surface area contributed by atoms with Crippen molar-refractivity contribution in [3.05, 3.63) is 29.8 Å². The number of nitrogens with zero attached hydrogens (tertiary/aromatic N) is 1. The summed E-state index contributed by atoms with van der Waals surface area (Å²) in [6.07, 6.45) is 4.76. The molecule has 89 valence electrons. The van der Waals surface area contributed by atoms with Crippen LogP contribution in [0.5, 0.6) is 5.75 Å². The Bertz CT molecular complexity index is 409. The minimum Gasteiger partial charge on any atom is -0.486 e. The number of rotatable bonds is 1. The lowest BCUT2D eigenvalue weighted by Gasteiger charge is -2.45. The monoisotopic (exact) mass is 228 g/mol. The lowest BCUT2D eigenvalue weighted by Crippen LogP contribution is -2.53. The largest absolute Gasteiger partial charge is 0.486 e. The van der Waals surface area contributed by atoms with Crippen molar-refractivity contribution in [2.45, 2.75) is 38.1 Å². The highest BCUT2D eigenvalue weighted by molar-refractivity contribution is 6.29. The molecule has 1 unspecified atom stereocenters. The first kappa shape index (κ1) is 11.2. The number of fused-ring (bicyclic) bond motifs is 1. The van der Waals surface area contributed by atoms with Crippen LogP contribution in [0.25, 0.3) is 0 Å². The Morgan fingerprint density at radius 3 is 3.06 bits per heavy atom. The van der Waals surface area contributed by atoms with Crippen molar-refractivity contribution in [1.82, 2.24) is 4.81 Å². The fourth-order valence-corrected chi connectivity index (χ4v) is 3.10. The van der Waals surface area contributed by atoms with Crippen LogP contribution in [0.1, 0.15) is 24.8 Å². The van der Waals surface area contributed by atoms with Crippen LogP contribution >= 0.6 is 0 Å². The SMILES string of the molecule is C[B]N1CCCC2(CCc3ccccc3O2)C1. The number of hydrogen-bond donors (Lipinski definition) is 0. The van der Waals surface area contributed by atoms with E-state index in [1.54, 1.807) is 0 Å². The average molecular weight is 228 g/mol. The van der Waals surface area contributed by atoms with Gasteiger partial charge in [-0.3, -0.25) is 0 Å². The molecule has 1 radical (unpaired) electrons. The highest BCUT2D eigenvalue weighted by Crippen LogP contribution is 2.37. The van der Waals surface area contributed by atoms with E-state index in [-0.39, 0.29) is 5.60 Å². The normalized spacial score (nSPS) is 28.5. The van der Waals surface area contributed by atoms with Crippen molar-refractivity contribution >= 4 is 7.41 Å². The number of piperidine rings is 1. The second-order valence-corrected chi connectivity index (χ2v) is 5.23. The van der Waals surface area contributed by atoms with Gasteiger partial charge in [-0.1, -0.05) is 25.0 Å². The molecule has 0 bridgehead atoms. The first-order valence-electron chi connectivity index (χ1n) is 6.62. The Morgan fingerprint density at radius 2 is 2.18 bits per heavy atom. The van der Waals surface area contributed by atoms with Crippen LogP contribution in [0.3, 0.4) is 0 Å². The molecule has 0 aromatic heterocycles. The van der Waals surface area contributed by atoms with Gasteiger partial charge in [0.05, 0.1) is 0 Å². The van der Waals surface area contributed by atoms with Crippen molar-refractivity contribution in [3.63, 3.8) is 0 Å². The Morgan fingerprint density at radius 1 is 1.29 bits per heavy atom. The quantitative estimate of drug-likeness (QED) is 0.685. The predicted octanol–water partition coefficient (Wildman–Crippen LogP) is 2.51. The summed E-state index contributed by atoms with van der Waals surface area (Å²) in [6.45, 7) is 4.36. The van der Waals surface area contributed by atoms with Gasteiger partial charge in [-0.15, -0.1) is 0 Å². The number of ether oxygens (including phenoxy) is 1. The lowest BCUT2D eigenvalue weighted by atomic mass is 9.80. The van der Waals surface area contributed by atoms with Crippen LogP contribution < -0.4 is 4.74 Å². The van der Waals surface area contributed by atoms with Crippen LogP contribution in [0, 0.1) is 0 Å². The van der Waals surface area contributed by atoms with Crippen LogP contribution in [-0.2, 0) is 6.42 Å².